The molecule has 144 valence electrons. The normalized spacial score (nSPS) is 18.0. The second kappa shape index (κ2) is 8.35. The molecule has 1 aliphatic heterocycles. The van der Waals surface area contributed by atoms with Crippen LogP contribution >= 0.6 is 22.9 Å². The molecule has 1 N–H and O–H groups in total. The Balaban J connectivity index is 1.31. The van der Waals surface area contributed by atoms with Crippen molar-refractivity contribution in [2.24, 2.45) is 0 Å². The van der Waals surface area contributed by atoms with Gasteiger partial charge in [0.1, 0.15) is 5.75 Å². The van der Waals surface area contributed by atoms with Crippen molar-refractivity contribution in [3.63, 3.8) is 0 Å². The highest BCUT2D eigenvalue weighted by molar-refractivity contribution is 7.13. The number of aromatic nitrogens is 1. The smallest absolute Gasteiger partial charge is 0.321 e. The molecule has 27 heavy (non-hydrogen) atoms. The highest BCUT2D eigenvalue weighted by Crippen LogP contribution is 2.32. The van der Waals surface area contributed by atoms with Crippen LogP contribution in [-0.4, -0.2) is 48.2 Å². The second-order valence-electron chi connectivity index (χ2n) is 6.89. The zero-order valence-electron chi connectivity index (χ0n) is 15.1. The molecule has 8 heteroatoms. The number of carbonyl (C=O) groups is 1. The van der Waals surface area contributed by atoms with Crippen LogP contribution in [0.3, 0.4) is 0 Å². The summed E-state index contributed by atoms with van der Waals surface area (Å²) in [5.74, 6) is 0.693. The van der Waals surface area contributed by atoms with Crippen LogP contribution in [-0.2, 0) is 0 Å². The summed E-state index contributed by atoms with van der Waals surface area (Å²) in [5, 5.41) is 6.46. The molecule has 0 unspecified atom stereocenters. The highest BCUT2D eigenvalue weighted by Gasteiger charge is 2.23. The zero-order chi connectivity index (χ0) is 18.6. The number of hydrogen-bond donors (Lipinski definition) is 1. The molecule has 1 aromatic carbocycles. The molecule has 1 saturated carbocycles. The van der Waals surface area contributed by atoms with Gasteiger partial charge in [0, 0.05) is 43.4 Å². The summed E-state index contributed by atoms with van der Waals surface area (Å²) >= 11 is 7.98. The van der Waals surface area contributed by atoms with Gasteiger partial charge in [-0.25, -0.2) is 9.78 Å². The summed E-state index contributed by atoms with van der Waals surface area (Å²) in [7, 11) is 0. The Kier molecular flexibility index (Phi) is 5.69. The molecule has 2 heterocycles. The number of carbonyl (C=O) groups excluding carboxylic acids is 1. The molecular formula is C19H23ClN4O2S. The summed E-state index contributed by atoms with van der Waals surface area (Å²) in [4.78, 5) is 20.9. The highest BCUT2D eigenvalue weighted by atomic mass is 35.5. The maximum Gasteiger partial charge on any atom is 0.321 e. The second-order valence-corrected chi connectivity index (χ2v) is 8.17. The van der Waals surface area contributed by atoms with Gasteiger partial charge in [0.15, 0.2) is 5.13 Å². The minimum absolute atomic E-state index is 0.102. The van der Waals surface area contributed by atoms with Crippen molar-refractivity contribution in [3.8, 4) is 5.75 Å². The summed E-state index contributed by atoms with van der Waals surface area (Å²) in [6.07, 6.45) is 6.67. The first kappa shape index (κ1) is 18.4. The fourth-order valence-electron chi connectivity index (χ4n) is 3.54. The minimum atomic E-state index is -0.102. The topological polar surface area (TPSA) is 57.7 Å². The lowest BCUT2D eigenvalue weighted by molar-refractivity contribution is 0.207. The Hall–Kier alpha value is -1.99. The number of thiazole rings is 1. The van der Waals surface area contributed by atoms with Crippen LogP contribution in [0, 0.1) is 0 Å². The van der Waals surface area contributed by atoms with Crippen LogP contribution in [0.1, 0.15) is 25.7 Å². The number of anilines is 2. The maximum absolute atomic E-state index is 12.5. The van der Waals surface area contributed by atoms with Crippen molar-refractivity contribution < 1.29 is 9.53 Å². The van der Waals surface area contributed by atoms with Crippen molar-refractivity contribution in [1.29, 1.82) is 0 Å². The fourth-order valence-corrected chi connectivity index (χ4v) is 4.46. The number of rotatable bonds is 4. The quantitative estimate of drug-likeness (QED) is 0.813. The van der Waals surface area contributed by atoms with E-state index in [4.69, 9.17) is 16.3 Å². The van der Waals surface area contributed by atoms with E-state index in [1.165, 1.54) is 12.8 Å². The van der Waals surface area contributed by atoms with Gasteiger partial charge in [-0.3, -0.25) is 0 Å². The summed E-state index contributed by atoms with van der Waals surface area (Å²) in [6.45, 7) is 2.91. The van der Waals surface area contributed by atoms with E-state index in [2.05, 4.69) is 15.2 Å². The number of urea groups is 1. The summed E-state index contributed by atoms with van der Waals surface area (Å²) < 4.78 is 5.96. The van der Waals surface area contributed by atoms with E-state index in [-0.39, 0.29) is 12.1 Å². The lowest BCUT2D eigenvalue weighted by atomic mass is 10.2. The maximum atomic E-state index is 12.5. The molecule has 6 nitrogen and oxygen atoms in total. The molecule has 2 fully saturated rings. The molecular weight excluding hydrogens is 384 g/mol. The van der Waals surface area contributed by atoms with Crippen LogP contribution in [0.4, 0.5) is 15.6 Å². The van der Waals surface area contributed by atoms with Gasteiger partial charge in [0.05, 0.1) is 11.1 Å². The van der Waals surface area contributed by atoms with Gasteiger partial charge >= 0.3 is 6.03 Å². The predicted molar refractivity (Wildman–Crippen MR) is 109 cm³/mol. The Morgan fingerprint density at radius 1 is 1.22 bits per heavy atom. The number of nitrogens with zero attached hydrogens (tertiary/aromatic N) is 3. The minimum Gasteiger partial charge on any atom is -0.489 e. The largest absolute Gasteiger partial charge is 0.489 e. The number of halogens is 1. The van der Waals surface area contributed by atoms with Gasteiger partial charge in [0.2, 0.25) is 0 Å². The van der Waals surface area contributed by atoms with E-state index in [1.54, 1.807) is 17.4 Å². The van der Waals surface area contributed by atoms with Crippen molar-refractivity contribution in [2.75, 3.05) is 36.4 Å². The van der Waals surface area contributed by atoms with Gasteiger partial charge < -0.3 is 19.9 Å². The average Bonchev–Trinajstić information content (AvgIpc) is 3.38. The molecule has 1 aliphatic carbocycles. The van der Waals surface area contributed by atoms with Crippen LogP contribution in [0.5, 0.6) is 5.75 Å². The zero-order valence-corrected chi connectivity index (χ0v) is 16.6. The molecule has 0 radical (unpaired) electrons. The van der Waals surface area contributed by atoms with E-state index in [9.17, 15) is 4.79 Å². The lowest BCUT2D eigenvalue weighted by Crippen LogP contribution is -2.50. The van der Waals surface area contributed by atoms with E-state index in [1.807, 2.05) is 28.6 Å². The van der Waals surface area contributed by atoms with Crippen molar-refractivity contribution in [2.45, 2.75) is 31.8 Å². The number of benzene rings is 1. The van der Waals surface area contributed by atoms with E-state index in [0.29, 0.717) is 29.5 Å². The predicted octanol–water partition coefficient (Wildman–Crippen LogP) is 4.47. The standard InChI is InChI=1S/C19H23ClN4O2S/c20-16-13-14(5-6-17(16)26-15-3-1-2-4-15)22-18(25)23-8-10-24(11-9-23)19-21-7-12-27-19/h5-7,12-13,15H,1-4,8-11H2,(H,22,25). The molecule has 2 aliphatic rings. The van der Waals surface area contributed by atoms with Gasteiger partial charge in [-0.15, -0.1) is 11.3 Å². The van der Waals surface area contributed by atoms with Crippen LogP contribution in [0.15, 0.2) is 29.8 Å². The van der Waals surface area contributed by atoms with E-state index < -0.39 is 0 Å². The number of piperazine rings is 1. The SMILES string of the molecule is O=C(Nc1ccc(OC2CCCC2)c(Cl)c1)N1CCN(c2nccs2)CC1. The number of amides is 2. The molecule has 0 bridgehead atoms. The number of hydrogen-bond acceptors (Lipinski definition) is 5. The first-order valence-corrected chi connectivity index (χ1v) is 10.6. The third kappa shape index (κ3) is 4.47. The summed E-state index contributed by atoms with van der Waals surface area (Å²) in [6, 6.07) is 5.35. The van der Waals surface area contributed by atoms with Crippen molar-refractivity contribution >= 4 is 39.8 Å². The van der Waals surface area contributed by atoms with Crippen LogP contribution < -0.4 is 15.0 Å². The average molecular weight is 407 g/mol. The fraction of sp³-hybridized carbons (Fsp3) is 0.474. The molecule has 2 aromatic rings. The molecule has 1 saturated heterocycles. The van der Waals surface area contributed by atoms with Gasteiger partial charge in [0.25, 0.3) is 0 Å². The molecule has 0 spiro atoms. The number of ether oxygens (including phenoxy) is 1. The third-order valence-electron chi connectivity index (χ3n) is 5.04. The lowest BCUT2D eigenvalue weighted by Gasteiger charge is -2.34. The molecule has 1 aromatic heterocycles. The Bertz CT molecular complexity index is 772. The van der Waals surface area contributed by atoms with Crippen molar-refractivity contribution in [3.05, 3.63) is 34.8 Å². The Labute approximate surface area is 168 Å². The first-order valence-electron chi connectivity index (χ1n) is 9.35. The molecule has 4 rings (SSSR count). The van der Waals surface area contributed by atoms with Gasteiger partial charge in [-0.2, -0.15) is 0 Å². The van der Waals surface area contributed by atoms with Crippen LogP contribution in [0.2, 0.25) is 5.02 Å². The monoisotopic (exact) mass is 406 g/mol. The van der Waals surface area contributed by atoms with Crippen LogP contribution in [0.25, 0.3) is 0 Å². The van der Waals surface area contributed by atoms with Gasteiger partial charge in [-0.05, 0) is 43.9 Å². The Morgan fingerprint density at radius 3 is 2.67 bits per heavy atom. The molecule has 0 atom stereocenters. The summed E-state index contributed by atoms with van der Waals surface area (Å²) in [5.41, 5.74) is 0.686. The number of nitrogens with one attached hydrogen (secondary N) is 1. The van der Waals surface area contributed by atoms with Gasteiger partial charge in [-0.1, -0.05) is 11.6 Å². The van der Waals surface area contributed by atoms with E-state index >= 15 is 0 Å². The van der Waals surface area contributed by atoms with Crippen molar-refractivity contribution in [1.82, 2.24) is 9.88 Å². The molecule has 2 amide bonds. The van der Waals surface area contributed by atoms with E-state index in [0.717, 1.165) is 31.1 Å². The third-order valence-corrected chi connectivity index (χ3v) is 6.16. The first-order chi connectivity index (χ1) is 13.2. The Morgan fingerprint density at radius 2 is 2.00 bits per heavy atom.